The van der Waals surface area contributed by atoms with E-state index >= 15 is 0 Å². The number of amides is 1. The zero-order valence-corrected chi connectivity index (χ0v) is 15.5. The highest BCUT2D eigenvalue weighted by atomic mass is 16.1. The number of carbonyl (C=O) groups excluding carboxylic acids is 1. The van der Waals surface area contributed by atoms with Gasteiger partial charge >= 0.3 is 0 Å². The average Bonchev–Trinajstić information content (AvgIpc) is 2.67. The number of rotatable bonds is 5. The van der Waals surface area contributed by atoms with E-state index in [0.717, 1.165) is 31.6 Å². The highest BCUT2D eigenvalue weighted by Crippen LogP contribution is 2.24. The van der Waals surface area contributed by atoms with Gasteiger partial charge in [0.2, 0.25) is 5.91 Å². The Bertz CT molecular complexity index is 542. The molecule has 1 aromatic heterocycles. The first-order valence-corrected chi connectivity index (χ1v) is 9.64. The molecule has 1 atom stereocenters. The molecule has 1 amide bonds. The summed E-state index contributed by atoms with van der Waals surface area (Å²) in [6, 6.07) is 3.13. The Hall–Kier alpha value is -1.53. The van der Waals surface area contributed by atoms with Crippen LogP contribution in [0.3, 0.4) is 0 Å². The number of carbonyl (C=O) groups is 1. The second-order valence-electron chi connectivity index (χ2n) is 7.61. The molecule has 1 N–H and O–H groups in total. The molecular formula is C19H31N5O. The first kappa shape index (κ1) is 18.3. The number of hydrogen-bond donors (Lipinski definition) is 1. The largest absolute Gasteiger partial charge is 0.350 e. The topological polar surface area (TPSA) is 61.4 Å². The summed E-state index contributed by atoms with van der Waals surface area (Å²) in [7, 11) is 0. The van der Waals surface area contributed by atoms with Crippen LogP contribution in [0.1, 0.15) is 45.2 Å². The van der Waals surface area contributed by atoms with Crippen LogP contribution in [0.15, 0.2) is 18.6 Å². The van der Waals surface area contributed by atoms with Gasteiger partial charge in [0.1, 0.15) is 6.33 Å². The molecule has 1 aromatic rings. The average molecular weight is 345 g/mol. The summed E-state index contributed by atoms with van der Waals surface area (Å²) in [5, 5.41) is 3.05. The van der Waals surface area contributed by atoms with E-state index in [9.17, 15) is 4.79 Å². The molecule has 138 valence electrons. The normalized spacial score (nSPS) is 23.7. The minimum absolute atomic E-state index is 0.110. The molecule has 0 saturated carbocycles. The van der Waals surface area contributed by atoms with Crippen LogP contribution in [0.2, 0.25) is 0 Å². The Kier molecular flexibility index (Phi) is 6.37. The molecule has 0 aromatic carbocycles. The van der Waals surface area contributed by atoms with E-state index in [4.69, 9.17) is 0 Å². The highest BCUT2D eigenvalue weighted by molar-refractivity contribution is 5.78. The molecule has 2 fully saturated rings. The molecule has 3 rings (SSSR count). The molecular weight excluding hydrogens is 314 g/mol. The third-order valence-electron chi connectivity index (χ3n) is 5.66. The maximum Gasteiger partial charge on any atom is 0.224 e. The first-order valence-electron chi connectivity index (χ1n) is 9.64. The van der Waals surface area contributed by atoms with Crippen LogP contribution in [-0.4, -0.2) is 63.9 Å². The fraction of sp³-hybridized carbons (Fsp3) is 0.737. The maximum atomic E-state index is 12.6. The van der Waals surface area contributed by atoms with Gasteiger partial charge in [0, 0.05) is 24.8 Å². The van der Waals surface area contributed by atoms with E-state index < -0.39 is 0 Å². The van der Waals surface area contributed by atoms with Gasteiger partial charge in [-0.25, -0.2) is 9.97 Å². The van der Waals surface area contributed by atoms with Crippen molar-refractivity contribution in [2.45, 2.75) is 58.2 Å². The zero-order valence-electron chi connectivity index (χ0n) is 15.5. The van der Waals surface area contributed by atoms with Crippen molar-refractivity contribution in [1.82, 2.24) is 25.1 Å². The summed E-state index contributed by atoms with van der Waals surface area (Å²) >= 11 is 0. The third kappa shape index (κ3) is 4.98. The quantitative estimate of drug-likeness (QED) is 0.880. The number of likely N-dealkylation sites (tertiary alicyclic amines) is 2. The summed E-state index contributed by atoms with van der Waals surface area (Å²) in [5.74, 6) is 0.279. The van der Waals surface area contributed by atoms with Gasteiger partial charge in [-0.1, -0.05) is 0 Å². The number of aromatic nitrogens is 2. The fourth-order valence-electron chi connectivity index (χ4n) is 4.06. The Morgan fingerprint density at radius 2 is 2.08 bits per heavy atom. The van der Waals surface area contributed by atoms with Crippen LogP contribution in [0, 0.1) is 5.92 Å². The molecule has 1 unspecified atom stereocenters. The molecule has 0 aliphatic carbocycles. The summed E-state index contributed by atoms with van der Waals surface area (Å²) in [6.45, 7) is 9.46. The summed E-state index contributed by atoms with van der Waals surface area (Å²) in [6.07, 6.45) is 7.81. The lowest BCUT2D eigenvalue weighted by atomic mass is 9.93. The number of piperidine rings is 2. The van der Waals surface area contributed by atoms with Gasteiger partial charge in [0.15, 0.2) is 0 Å². The van der Waals surface area contributed by atoms with Gasteiger partial charge in [-0.3, -0.25) is 9.69 Å². The predicted molar refractivity (Wildman–Crippen MR) is 97.9 cm³/mol. The van der Waals surface area contributed by atoms with Crippen molar-refractivity contribution in [1.29, 1.82) is 0 Å². The van der Waals surface area contributed by atoms with E-state index in [-0.39, 0.29) is 11.8 Å². The summed E-state index contributed by atoms with van der Waals surface area (Å²) in [5.41, 5.74) is 0.858. The van der Waals surface area contributed by atoms with E-state index in [1.54, 1.807) is 6.20 Å². The molecule has 3 heterocycles. The molecule has 6 heteroatoms. The summed E-state index contributed by atoms with van der Waals surface area (Å²) in [4.78, 5) is 25.7. The fourth-order valence-corrected chi connectivity index (χ4v) is 4.06. The number of nitrogens with zero attached hydrogens (tertiary/aromatic N) is 4. The lowest BCUT2D eigenvalue weighted by Crippen LogP contribution is -2.51. The molecule has 6 nitrogen and oxygen atoms in total. The lowest BCUT2D eigenvalue weighted by Gasteiger charge is -2.43. The third-order valence-corrected chi connectivity index (χ3v) is 5.66. The van der Waals surface area contributed by atoms with E-state index in [1.807, 2.05) is 6.07 Å². The minimum atomic E-state index is 0.110. The number of hydrogen-bond acceptors (Lipinski definition) is 5. The molecule has 2 saturated heterocycles. The first-order chi connectivity index (χ1) is 12.1. The molecule has 2 aliphatic rings. The van der Waals surface area contributed by atoms with Gasteiger partial charge in [-0.15, -0.1) is 0 Å². The highest BCUT2D eigenvalue weighted by Gasteiger charge is 2.31. The van der Waals surface area contributed by atoms with Crippen molar-refractivity contribution >= 4 is 5.91 Å². The molecule has 0 bridgehead atoms. The van der Waals surface area contributed by atoms with E-state index in [1.165, 1.54) is 32.3 Å². The molecule has 25 heavy (non-hydrogen) atoms. The van der Waals surface area contributed by atoms with Crippen molar-refractivity contribution in [3.05, 3.63) is 24.3 Å². The van der Waals surface area contributed by atoms with Crippen LogP contribution < -0.4 is 5.32 Å². The Morgan fingerprint density at radius 1 is 1.28 bits per heavy atom. The molecule has 0 radical (unpaired) electrons. The second-order valence-corrected chi connectivity index (χ2v) is 7.61. The van der Waals surface area contributed by atoms with Crippen LogP contribution in [0.4, 0.5) is 0 Å². The van der Waals surface area contributed by atoms with E-state index in [2.05, 4.69) is 38.9 Å². The Balaban J connectivity index is 1.47. The SMILES string of the molecule is CC(C)N1CCC(N2CCCC(C(=O)NCc3ccncn3)C2)CC1. The predicted octanol–water partition coefficient (Wildman–Crippen LogP) is 1.68. The summed E-state index contributed by atoms with van der Waals surface area (Å²) < 4.78 is 0. The van der Waals surface area contributed by atoms with Crippen LogP contribution in [0.25, 0.3) is 0 Å². The van der Waals surface area contributed by atoms with E-state index in [0.29, 0.717) is 18.6 Å². The van der Waals surface area contributed by atoms with Crippen molar-refractivity contribution in [3.63, 3.8) is 0 Å². The van der Waals surface area contributed by atoms with Gasteiger partial charge in [0.05, 0.1) is 18.2 Å². The maximum absolute atomic E-state index is 12.6. The van der Waals surface area contributed by atoms with Gasteiger partial charge < -0.3 is 10.2 Å². The Morgan fingerprint density at radius 3 is 2.76 bits per heavy atom. The smallest absolute Gasteiger partial charge is 0.224 e. The number of nitrogens with one attached hydrogen (secondary N) is 1. The second kappa shape index (κ2) is 8.72. The standard InChI is InChI=1S/C19H31N5O/c1-15(2)23-10-6-18(7-11-23)24-9-3-4-16(13-24)19(25)21-12-17-5-8-20-14-22-17/h5,8,14-16,18H,3-4,6-7,9-13H2,1-2H3,(H,21,25). The Labute approximate surface area is 151 Å². The minimum Gasteiger partial charge on any atom is -0.350 e. The van der Waals surface area contributed by atoms with Crippen molar-refractivity contribution in [2.75, 3.05) is 26.2 Å². The van der Waals surface area contributed by atoms with Gasteiger partial charge in [0.25, 0.3) is 0 Å². The molecule has 0 spiro atoms. The van der Waals surface area contributed by atoms with Crippen molar-refractivity contribution < 1.29 is 4.79 Å². The van der Waals surface area contributed by atoms with Crippen LogP contribution >= 0.6 is 0 Å². The zero-order chi connectivity index (χ0) is 17.6. The van der Waals surface area contributed by atoms with Gasteiger partial charge in [-0.2, -0.15) is 0 Å². The van der Waals surface area contributed by atoms with Crippen LogP contribution in [0.5, 0.6) is 0 Å². The lowest BCUT2D eigenvalue weighted by molar-refractivity contribution is -0.127. The van der Waals surface area contributed by atoms with Crippen molar-refractivity contribution in [2.24, 2.45) is 5.92 Å². The monoisotopic (exact) mass is 345 g/mol. The van der Waals surface area contributed by atoms with Crippen LogP contribution in [-0.2, 0) is 11.3 Å². The van der Waals surface area contributed by atoms with Crippen molar-refractivity contribution in [3.8, 4) is 0 Å². The molecule has 2 aliphatic heterocycles. The van der Waals surface area contributed by atoms with Gasteiger partial charge in [-0.05, 0) is 65.2 Å².